The molecule has 31 heavy (non-hydrogen) atoms. The van der Waals surface area contributed by atoms with Gasteiger partial charge in [0.2, 0.25) is 0 Å². The van der Waals surface area contributed by atoms with Gasteiger partial charge in [0.15, 0.2) is 5.65 Å². The minimum absolute atomic E-state index is 0.0677. The summed E-state index contributed by atoms with van der Waals surface area (Å²) in [6.07, 6.45) is 7.46. The number of benzene rings is 1. The van der Waals surface area contributed by atoms with Crippen LogP contribution in [0.1, 0.15) is 75.1 Å². The normalized spacial score (nSPS) is 11.4. The van der Waals surface area contributed by atoms with Gasteiger partial charge in [0, 0.05) is 24.8 Å². The van der Waals surface area contributed by atoms with Gasteiger partial charge >= 0.3 is 0 Å². The fraction of sp³-hybridized carbons (Fsp3) is 0.500. The number of carbonyl (C=O) groups excluding carboxylic acids is 1. The fourth-order valence-corrected chi connectivity index (χ4v) is 3.95. The molecular weight excluding hydrogens is 384 g/mol. The zero-order valence-corrected chi connectivity index (χ0v) is 19.5. The highest BCUT2D eigenvalue weighted by Gasteiger charge is 2.20. The van der Waals surface area contributed by atoms with E-state index < -0.39 is 0 Å². The average Bonchev–Trinajstić information content (AvgIpc) is 3.10. The van der Waals surface area contributed by atoms with Gasteiger partial charge in [0.05, 0.1) is 6.54 Å². The number of pyridine rings is 1. The molecule has 1 amide bonds. The number of hydrogen-bond acceptors (Lipinski definition) is 3. The Balaban J connectivity index is 1.81. The first-order chi connectivity index (χ1) is 15.0. The number of imidazole rings is 1. The quantitative estimate of drug-likeness (QED) is 0.364. The van der Waals surface area contributed by atoms with Crippen molar-refractivity contribution in [1.82, 2.24) is 19.4 Å². The number of nitrogens with zero attached hydrogens (tertiary/aromatic N) is 4. The molecule has 5 nitrogen and oxygen atoms in total. The topological polar surface area (TPSA) is 51.0 Å². The van der Waals surface area contributed by atoms with Crippen LogP contribution in [0, 0.1) is 5.92 Å². The molecule has 0 bridgehead atoms. The SMILES string of the molecule is CCCCCc1ccc(C(=O)N(CCC)Cc2nc3cccnc3n2CC(C)C)cc1. The molecule has 0 unspecified atom stereocenters. The molecular formula is C26H36N4O. The molecule has 0 atom stereocenters. The molecule has 166 valence electrons. The molecule has 2 heterocycles. The van der Waals surface area contributed by atoms with Crippen molar-refractivity contribution in [2.45, 2.75) is 72.9 Å². The van der Waals surface area contributed by atoms with Gasteiger partial charge in [-0.2, -0.15) is 0 Å². The lowest BCUT2D eigenvalue weighted by Crippen LogP contribution is -2.32. The number of unbranched alkanes of at least 4 members (excludes halogenated alkanes) is 2. The number of fused-ring (bicyclic) bond motifs is 1. The molecule has 5 heteroatoms. The Morgan fingerprint density at radius 1 is 1.06 bits per heavy atom. The van der Waals surface area contributed by atoms with Crippen molar-refractivity contribution in [1.29, 1.82) is 0 Å². The second kappa shape index (κ2) is 11.1. The van der Waals surface area contributed by atoms with Crippen LogP contribution in [-0.2, 0) is 19.5 Å². The monoisotopic (exact) mass is 420 g/mol. The molecule has 0 N–H and O–H groups in total. The van der Waals surface area contributed by atoms with Crippen molar-refractivity contribution in [3.8, 4) is 0 Å². The molecule has 1 aromatic carbocycles. The van der Waals surface area contributed by atoms with E-state index in [4.69, 9.17) is 4.98 Å². The summed E-state index contributed by atoms with van der Waals surface area (Å²) in [5, 5.41) is 0. The van der Waals surface area contributed by atoms with Gasteiger partial charge in [0.1, 0.15) is 11.3 Å². The van der Waals surface area contributed by atoms with E-state index in [2.05, 4.69) is 49.4 Å². The maximum absolute atomic E-state index is 13.3. The van der Waals surface area contributed by atoms with Crippen LogP contribution in [0.4, 0.5) is 0 Å². The minimum Gasteiger partial charge on any atom is -0.331 e. The van der Waals surface area contributed by atoms with E-state index >= 15 is 0 Å². The summed E-state index contributed by atoms with van der Waals surface area (Å²) in [6.45, 7) is 10.7. The lowest BCUT2D eigenvalue weighted by Gasteiger charge is -2.23. The van der Waals surface area contributed by atoms with E-state index in [1.165, 1.54) is 24.8 Å². The van der Waals surface area contributed by atoms with Crippen LogP contribution in [0.5, 0.6) is 0 Å². The van der Waals surface area contributed by atoms with Crippen LogP contribution in [0.2, 0.25) is 0 Å². The van der Waals surface area contributed by atoms with E-state index in [0.717, 1.165) is 41.9 Å². The van der Waals surface area contributed by atoms with E-state index in [-0.39, 0.29) is 5.91 Å². The van der Waals surface area contributed by atoms with Crippen molar-refractivity contribution in [3.05, 3.63) is 59.5 Å². The average molecular weight is 421 g/mol. The Hall–Kier alpha value is -2.69. The van der Waals surface area contributed by atoms with Gasteiger partial charge in [-0.05, 0) is 55.0 Å². The molecule has 0 saturated carbocycles. The van der Waals surface area contributed by atoms with E-state index in [1.807, 2.05) is 35.4 Å². The Morgan fingerprint density at radius 2 is 1.84 bits per heavy atom. The van der Waals surface area contributed by atoms with Crippen LogP contribution in [0.25, 0.3) is 11.2 Å². The van der Waals surface area contributed by atoms with Crippen molar-refractivity contribution in [2.24, 2.45) is 5.92 Å². The van der Waals surface area contributed by atoms with Gasteiger partial charge in [-0.15, -0.1) is 0 Å². The highest BCUT2D eigenvalue weighted by Crippen LogP contribution is 2.19. The maximum Gasteiger partial charge on any atom is 0.254 e. The summed E-state index contributed by atoms with van der Waals surface area (Å²) in [5.74, 6) is 1.44. The zero-order valence-electron chi connectivity index (χ0n) is 19.5. The van der Waals surface area contributed by atoms with Gasteiger partial charge in [-0.3, -0.25) is 4.79 Å². The maximum atomic E-state index is 13.3. The molecule has 0 fully saturated rings. The largest absolute Gasteiger partial charge is 0.331 e. The van der Waals surface area contributed by atoms with E-state index in [9.17, 15) is 4.79 Å². The van der Waals surface area contributed by atoms with Crippen LogP contribution < -0.4 is 0 Å². The standard InChI is InChI=1S/C26H36N4O/c1-5-7-8-10-21-12-14-22(15-13-21)26(31)29(17-6-2)19-24-28-23-11-9-16-27-25(23)30(24)18-20(3)4/h9,11-16,20H,5-8,10,17-19H2,1-4H3. The van der Waals surface area contributed by atoms with Crippen molar-refractivity contribution >= 4 is 17.1 Å². The highest BCUT2D eigenvalue weighted by molar-refractivity contribution is 5.94. The first-order valence-corrected chi connectivity index (χ1v) is 11.7. The second-order valence-electron chi connectivity index (χ2n) is 8.76. The second-order valence-corrected chi connectivity index (χ2v) is 8.76. The van der Waals surface area contributed by atoms with Gasteiger partial charge in [-0.25, -0.2) is 9.97 Å². The third kappa shape index (κ3) is 5.93. The summed E-state index contributed by atoms with van der Waals surface area (Å²) in [7, 11) is 0. The molecule has 0 aliphatic rings. The van der Waals surface area contributed by atoms with Crippen molar-refractivity contribution in [3.63, 3.8) is 0 Å². The summed E-state index contributed by atoms with van der Waals surface area (Å²) in [5.41, 5.74) is 3.83. The number of rotatable bonds is 11. The lowest BCUT2D eigenvalue weighted by atomic mass is 10.0. The number of amides is 1. The van der Waals surface area contributed by atoms with Crippen LogP contribution >= 0.6 is 0 Å². The van der Waals surface area contributed by atoms with Crippen LogP contribution in [0.15, 0.2) is 42.6 Å². The van der Waals surface area contributed by atoms with E-state index in [0.29, 0.717) is 19.0 Å². The van der Waals surface area contributed by atoms with Gasteiger partial charge in [0.25, 0.3) is 5.91 Å². The minimum atomic E-state index is 0.0677. The van der Waals surface area contributed by atoms with Crippen LogP contribution in [0.3, 0.4) is 0 Å². The van der Waals surface area contributed by atoms with E-state index in [1.54, 1.807) is 0 Å². The Kier molecular flexibility index (Phi) is 8.21. The summed E-state index contributed by atoms with van der Waals surface area (Å²) in [6, 6.07) is 12.1. The third-order valence-electron chi connectivity index (χ3n) is 5.51. The zero-order chi connectivity index (χ0) is 22.2. The number of carbonyl (C=O) groups is 1. The Bertz CT molecular complexity index is 975. The summed E-state index contributed by atoms with van der Waals surface area (Å²) in [4.78, 5) is 24.6. The molecule has 0 saturated heterocycles. The van der Waals surface area contributed by atoms with Gasteiger partial charge in [-0.1, -0.05) is 52.7 Å². The fourth-order valence-electron chi connectivity index (χ4n) is 3.95. The number of aromatic nitrogens is 3. The molecule has 3 rings (SSSR count). The number of aryl methyl sites for hydroxylation is 1. The molecule has 0 radical (unpaired) electrons. The smallest absolute Gasteiger partial charge is 0.254 e. The third-order valence-corrected chi connectivity index (χ3v) is 5.51. The van der Waals surface area contributed by atoms with Crippen molar-refractivity contribution in [2.75, 3.05) is 6.54 Å². The predicted octanol–water partition coefficient (Wildman–Crippen LogP) is 5.87. The van der Waals surface area contributed by atoms with Crippen molar-refractivity contribution < 1.29 is 4.79 Å². The molecule has 0 aliphatic heterocycles. The predicted molar refractivity (Wildman–Crippen MR) is 127 cm³/mol. The van der Waals surface area contributed by atoms with Crippen LogP contribution in [-0.4, -0.2) is 31.9 Å². The molecule has 0 aliphatic carbocycles. The Labute approximate surface area is 186 Å². The molecule has 0 spiro atoms. The van der Waals surface area contributed by atoms with Gasteiger partial charge < -0.3 is 9.47 Å². The highest BCUT2D eigenvalue weighted by atomic mass is 16.2. The summed E-state index contributed by atoms with van der Waals surface area (Å²) < 4.78 is 2.17. The first-order valence-electron chi connectivity index (χ1n) is 11.7. The first kappa shape index (κ1) is 23.0. The summed E-state index contributed by atoms with van der Waals surface area (Å²) >= 11 is 0. The molecule has 2 aromatic heterocycles. The number of hydrogen-bond donors (Lipinski definition) is 0. The lowest BCUT2D eigenvalue weighted by molar-refractivity contribution is 0.0737. The Morgan fingerprint density at radius 3 is 2.52 bits per heavy atom. The molecule has 3 aromatic rings.